The number of H-pyrrole nitrogens is 1. The normalized spacial score (nSPS) is 14.2. The van der Waals surface area contributed by atoms with E-state index in [0.29, 0.717) is 23.8 Å². The molecule has 20 heavy (non-hydrogen) atoms. The van der Waals surface area contributed by atoms with Gasteiger partial charge in [-0.05, 0) is 33.6 Å². The Morgan fingerprint density at radius 3 is 2.85 bits per heavy atom. The maximum atomic E-state index is 11.3. The van der Waals surface area contributed by atoms with Crippen molar-refractivity contribution in [2.45, 2.75) is 50.4 Å². The fourth-order valence-electron chi connectivity index (χ4n) is 1.90. The summed E-state index contributed by atoms with van der Waals surface area (Å²) in [4.78, 5) is 29.1. The van der Waals surface area contributed by atoms with Gasteiger partial charge in [0.05, 0.1) is 0 Å². The molecule has 1 aromatic heterocycles. The third-order valence-electron chi connectivity index (χ3n) is 2.79. The first-order valence-corrected chi connectivity index (χ1v) is 7.51. The molecule has 0 spiro atoms. The molecule has 1 aromatic rings. The first kappa shape index (κ1) is 16.7. The summed E-state index contributed by atoms with van der Waals surface area (Å²) in [7, 11) is 0. The highest BCUT2D eigenvalue weighted by atomic mass is 32.2. The highest BCUT2D eigenvalue weighted by Gasteiger charge is 2.32. The molecule has 0 fully saturated rings. The molecule has 0 saturated heterocycles. The number of carbonyl (C=O) groups is 1. The van der Waals surface area contributed by atoms with Crippen LogP contribution in [0.4, 0.5) is 0 Å². The SMILES string of the molecule is CC(C)NC(C)(CCCSc1nccc(=O)[nH]1)C(=O)O. The number of rotatable bonds is 8. The van der Waals surface area contributed by atoms with Gasteiger partial charge in [0.2, 0.25) is 0 Å². The Hall–Kier alpha value is -1.34. The average Bonchev–Trinajstić information content (AvgIpc) is 2.34. The number of nitrogens with one attached hydrogen (secondary N) is 2. The van der Waals surface area contributed by atoms with Gasteiger partial charge in [-0.1, -0.05) is 11.8 Å². The average molecular weight is 299 g/mol. The van der Waals surface area contributed by atoms with Crippen molar-refractivity contribution in [1.29, 1.82) is 0 Å². The van der Waals surface area contributed by atoms with Gasteiger partial charge in [-0.2, -0.15) is 0 Å². The molecule has 0 bridgehead atoms. The van der Waals surface area contributed by atoms with Gasteiger partial charge >= 0.3 is 5.97 Å². The number of thioether (sulfide) groups is 1. The quantitative estimate of drug-likeness (QED) is 0.382. The molecular formula is C13H21N3O3S. The van der Waals surface area contributed by atoms with Crippen LogP contribution in [0.2, 0.25) is 0 Å². The van der Waals surface area contributed by atoms with Crippen LogP contribution in [-0.4, -0.2) is 38.4 Å². The molecule has 112 valence electrons. The summed E-state index contributed by atoms with van der Waals surface area (Å²) in [5.41, 5.74) is -1.11. The van der Waals surface area contributed by atoms with Crippen LogP contribution in [-0.2, 0) is 4.79 Å². The molecule has 6 nitrogen and oxygen atoms in total. The molecule has 0 aromatic carbocycles. The number of aliphatic carboxylic acids is 1. The summed E-state index contributed by atoms with van der Waals surface area (Å²) < 4.78 is 0. The number of aromatic nitrogens is 2. The lowest BCUT2D eigenvalue weighted by Gasteiger charge is -2.28. The Bertz CT molecular complexity index is 504. The molecule has 1 heterocycles. The second-order valence-electron chi connectivity index (χ2n) is 5.13. The molecule has 0 aliphatic rings. The lowest BCUT2D eigenvalue weighted by atomic mass is 9.95. The van der Waals surface area contributed by atoms with Crippen LogP contribution in [0.5, 0.6) is 0 Å². The number of carboxylic acids is 1. The van der Waals surface area contributed by atoms with E-state index < -0.39 is 11.5 Å². The van der Waals surface area contributed by atoms with Crippen LogP contribution in [0.1, 0.15) is 33.6 Å². The maximum absolute atomic E-state index is 11.3. The summed E-state index contributed by atoms with van der Waals surface area (Å²) in [5, 5.41) is 12.9. The molecule has 0 aliphatic carbocycles. The second-order valence-corrected chi connectivity index (χ2v) is 6.21. The molecule has 0 saturated carbocycles. The van der Waals surface area contributed by atoms with Crippen molar-refractivity contribution in [3.05, 3.63) is 22.6 Å². The summed E-state index contributed by atoms with van der Waals surface area (Å²) in [6, 6.07) is 1.47. The van der Waals surface area contributed by atoms with Crippen molar-refractivity contribution < 1.29 is 9.90 Å². The maximum Gasteiger partial charge on any atom is 0.323 e. The van der Waals surface area contributed by atoms with Gasteiger partial charge in [-0.3, -0.25) is 14.9 Å². The summed E-state index contributed by atoms with van der Waals surface area (Å²) in [5.74, 6) is -0.141. The first-order chi connectivity index (χ1) is 9.33. The Morgan fingerprint density at radius 2 is 2.30 bits per heavy atom. The van der Waals surface area contributed by atoms with E-state index in [-0.39, 0.29) is 11.6 Å². The summed E-state index contributed by atoms with van der Waals surface area (Å²) in [6.07, 6.45) is 2.69. The zero-order valence-electron chi connectivity index (χ0n) is 12.0. The predicted octanol–water partition coefficient (Wildman–Crippen LogP) is 1.48. The number of nitrogens with zero attached hydrogens (tertiary/aromatic N) is 1. The lowest BCUT2D eigenvalue weighted by Crippen LogP contribution is -2.52. The number of carboxylic acid groups (broad SMARTS) is 1. The third-order valence-corrected chi connectivity index (χ3v) is 3.76. The van der Waals surface area contributed by atoms with Crippen molar-refractivity contribution in [2.24, 2.45) is 0 Å². The standard InChI is InChI=1S/C13H21N3O3S/c1-9(2)16-13(3,11(18)19)6-4-8-20-12-14-7-5-10(17)15-12/h5,7,9,16H,4,6,8H2,1-3H3,(H,18,19)(H,14,15,17). The molecule has 0 amide bonds. The summed E-state index contributed by atoms with van der Waals surface area (Å²) in [6.45, 7) is 5.55. The Morgan fingerprint density at radius 1 is 1.60 bits per heavy atom. The lowest BCUT2D eigenvalue weighted by molar-refractivity contribution is -0.144. The molecule has 0 aliphatic heterocycles. The van der Waals surface area contributed by atoms with Crippen molar-refractivity contribution in [3.8, 4) is 0 Å². The van der Waals surface area contributed by atoms with E-state index in [2.05, 4.69) is 15.3 Å². The molecular weight excluding hydrogens is 278 g/mol. The van der Waals surface area contributed by atoms with E-state index in [1.54, 1.807) is 6.92 Å². The number of hydrogen-bond donors (Lipinski definition) is 3. The van der Waals surface area contributed by atoms with Crippen LogP contribution < -0.4 is 10.9 Å². The van der Waals surface area contributed by atoms with E-state index in [1.807, 2.05) is 13.8 Å². The molecule has 1 unspecified atom stereocenters. The van der Waals surface area contributed by atoms with Crippen LogP contribution in [0.3, 0.4) is 0 Å². The van der Waals surface area contributed by atoms with Gasteiger partial charge in [0, 0.05) is 24.1 Å². The van der Waals surface area contributed by atoms with Gasteiger partial charge in [0.25, 0.3) is 5.56 Å². The van der Waals surface area contributed by atoms with Gasteiger partial charge in [-0.15, -0.1) is 0 Å². The monoisotopic (exact) mass is 299 g/mol. The van der Waals surface area contributed by atoms with Crippen LogP contribution in [0.25, 0.3) is 0 Å². The first-order valence-electron chi connectivity index (χ1n) is 6.53. The molecule has 1 rings (SSSR count). The van der Waals surface area contributed by atoms with E-state index in [9.17, 15) is 14.7 Å². The minimum atomic E-state index is -0.924. The van der Waals surface area contributed by atoms with E-state index in [4.69, 9.17) is 0 Å². The van der Waals surface area contributed by atoms with Crippen LogP contribution in [0.15, 0.2) is 22.2 Å². The zero-order chi connectivity index (χ0) is 15.2. The van der Waals surface area contributed by atoms with Crippen molar-refractivity contribution in [2.75, 3.05) is 5.75 Å². The van der Waals surface area contributed by atoms with Crippen molar-refractivity contribution in [1.82, 2.24) is 15.3 Å². The highest BCUT2D eigenvalue weighted by molar-refractivity contribution is 7.99. The summed E-state index contributed by atoms with van der Waals surface area (Å²) >= 11 is 1.42. The van der Waals surface area contributed by atoms with Crippen molar-refractivity contribution in [3.63, 3.8) is 0 Å². The number of aromatic amines is 1. The third kappa shape index (κ3) is 5.34. The minimum Gasteiger partial charge on any atom is -0.480 e. The van der Waals surface area contributed by atoms with Crippen LogP contribution in [0, 0.1) is 0 Å². The molecule has 1 atom stereocenters. The Kier molecular flexibility index (Phi) is 6.22. The largest absolute Gasteiger partial charge is 0.480 e. The van der Waals surface area contributed by atoms with Crippen molar-refractivity contribution >= 4 is 17.7 Å². The van der Waals surface area contributed by atoms with E-state index in [1.165, 1.54) is 24.0 Å². The zero-order valence-corrected chi connectivity index (χ0v) is 12.8. The molecule has 7 heteroatoms. The fourth-order valence-corrected chi connectivity index (χ4v) is 2.69. The highest BCUT2D eigenvalue weighted by Crippen LogP contribution is 2.18. The Balaban J connectivity index is 2.45. The van der Waals surface area contributed by atoms with Gasteiger partial charge in [-0.25, -0.2) is 4.98 Å². The molecule has 3 N–H and O–H groups in total. The number of hydrogen-bond acceptors (Lipinski definition) is 5. The van der Waals surface area contributed by atoms with Gasteiger partial charge in [0.15, 0.2) is 5.16 Å². The van der Waals surface area contributed by atoms with Gasteiger partial charge in [0.1, 0.15) is 5.54 Å². The molecule has 0 radical (unpaired) electrons. The van der Waals surface area contributed by atoms with Gasteiger partial charge < -0.3 is 10.1 Å². The Labute approximate surface area is 122 Å². The second kappa shape index (κ2) is 7.44. The van der Waals surface area contributed by atoms with E-state index in [0.717, 1.165) is 0 Å². The smallest absolute Gasteiger partial charge is 0.323 e. The van der Waals surface area contributed by atoms with E-state index >= 15 is 0 Å². The topological polar surface area (TPSA) is 95.1 Å². The predicted molar refractivity (Wildman–Crippen MR) is 79.1 cm³/mol. The minimum absolute atomic E-state index is 0.107. The fraction of sp³-hybridized carbons (Fsp3) is 0.615. The van der Waals surface area contributed by atoms with Crippen LogP contribution >= 0.6 is 11.8 Å².